The summed E-state index contributed by atoms with van der Waals surface area (Å²) in [6, 6.07) is 5.58. The summed E-state index contributed by atoms with van der Waals surface area (Å²) in [7, 11) is 4.59. The topological polar surface area (TPSA) is 92.3 Å². The van der Waals surface area contributed by atoms with Crippen LogP contribution in [-0.2, 0) is 16.1 Å². The molecule has 1 amide bonds. The van der Waals surface area contributed by atoms with Crippen LogP contribution in [-0.4, -0.2) is 63.1 Å². The van der Waals surface area contributed by atoms with Gasteiger partial charge in [-0.2, -0.15) is 0 Å². The molecule has 8 heteroatoms. The second kappa shape index (κ2) is 10.3. The van der Waals surface area contributed by atoms with Crippen LogP contribution in [0.5, 0.6) is 5.75 Å². The van der Waals surface area contributed by atoms with E-state index in [1.54, 1.807) is 19.2 Å². The predicted octanol–water partition coefficient (Wildman–Crippen LogP) is 1.94. The van der Waals surface area contributed by atoms with Gasteiger partial charge in [-0.1, -0.05) is 18.9 Å². The molecule has 2 aliphatic rings. The number of nitrogens with one attached hydrogen (secondary N) is 2. The van der Waals surface area contributed by atoms with E-state index >= 15 is 0 Å². The highest BCUT2D eigenvalue weighted by atomic mass is 16.5. The summed E-state index contributed by atoms with van der Waals surface area (Å²) in [6.07, 6.45) is 5.32. The lowest BCUT2D eigenvalue weighted by Gasteiger charge is -2.21. The van der Waals surface area contributed by atoms with Crippen LogP contribution in [0.4, 0.5) is 0 Å². The molecule has 2 fully saturated rings. The van der Waals surface area contributed by atoms with E-state index in [4.69, 9.17) is 9.47 Å². The lowest BCUT2D eigenvalue weighted by molar-refractivity contribution is -0.134. The van der Waals surface area contributed by atoms with Crippen molar-refractivity contribution in [2.45, 2.75) is 44.7 Å². The van der Waals surface area contributed by atoms with E-state index < -0.39 is 5.97 Å². The first-order valence-electron chi connectivity index (χ1n) is 10.6. The largest absolute Gasteiger partial charge is 0.496 e. The molecule has 1 aromatic rings. The zero-order valence-electron chi connectivity index (χ0n) is 18.1. The van der Waals surface area contributed by atoms with Gasteiger partial charge in [0.25, 0.3) is 0 Å². The van der Waals surface area contributed by atoms with Gasteiger partial charge in [0, 0.05) is 38.6 Å². The highest BCUT2D eigenvalue weighted by Gasteiger charge is 2.32. The number of guanidine groups is 1. The summed E-state index contributed by atoms with van der Waals surface area (Å²) < 4.78 is 10.1. The van der Waals surface area contributed by atoms with Gasteiger partial charge in [0.2, 0.25) is 5.91 Å². The molecule has 1 heterocycles. The van der Waals surface area contributed by atoms with Crippen LogP contribution in [0.2, 0.25) is 0 Å². The Balaban J connectivity index is 1.53. The molecule has 3 rings (SSSR count). The summed E-state index contributed by atoms with van der Waals surface area (Å²) in [4.78, 5) is 30.9. The van der Waals surface area contributed by atoms with Crippen molar-refractivity contribution in [2.24, 2.45) is 10.9 Å². The Hall–Kier alpha value is -2.77. The number of amides is 1. The average Bonchev–Trinajstić information content (AvgIpc) is 3.47. The molecule has 0 spiro atoms. The van der Waals surface area contributed by atoms with Crippen LogP contribution in [0.25, 0.3) is 0 Å². The van der Waals surface area contributed by atoms with E-state index in [0.29, 0.717) is 36.3 Å². The normalized spacial score (nSPS) is 19.6. The van der Waals surface area contributed by atoms with E-state index in [-0.39, 0.29) is 12.0 Å². The predicted molar refractivity (Wildman–Crippen MR) is 115 cm³/mol. The van der Waals surface area contributed by atoms with Gasteiger partial charge in [-0.05, 0) is 37.0 Å². The Morgan fingerprint density at radius 1 is 1.20 bits per heavy atom. The fraction of sp³-hybridized carbons (Fsp3) is 0.591. The Bertz CT molecular complexity index is 789. The Kier molecular flexibility index (Phi) is 7.54. The van der Waals surface area contributed by atoms with Gasteiger partial charge in [-0.3, -0.25) is 9.79 Å². The number of methoxy groups -OCH3 is 2. The molecule has 164 valence electrons. The number of carbonyl (C=O) groups excluding carboxylic acids is 2. The van der Waals surface area contributed by atoms with Crippen LogP contribution in [0, 0.1) is 5.92 Å². The van der Waals surface area contributed by atoms with Gasteiger partial charge in [0.1, 0.15) is 11.3 Å². The number of ether oxygens (including phenoxy) is 2. The molecule has 1 saturated heterocycles. The second-order valence-corrected chi connectivity index (χ2v) is 7.85. The molecule has 1 aromatic carbocycles. The van der Waals surface area contributed by atoms with Gasteiger partial charge in [-0.25, -0.2) is 4.79 Å². The van der Waals surface area contributed by atoms with Gasteiger partial charge < -0.3 is 25.0 Å². The van der Waals surface area contributed by atoms with Crippen molar-refractivity contribution in [1.82, 2.24) is 15.5 Å². The summed E-state index contributed by atoms with van der Waals surface area (Å²) in [5.41, 5.74) is 1.29. The number of nitrogens with zero attached hydrogens (tertiary/aromatic N) is 2. The van der Waals surface area contributed by atoms with Crippen molar-refractivity contribution in [3.05, 3.63) is 29.3 Å². The number of aliphatic imine (C=N–C) groups is 1. The van der Waals surface area contributed by atoms with Crippen molar-refractivity contribution in [1.29, 1.82) is 0 Å². The number of carbonyl (C=O) groups is 2. The van der Waals surface area contributed by atoms with Crippen LogP contribution in [0.15, 0.2) is 23.2 Å². The highest BCUT2D eigenvalue weighted by molar-refractivity contribution is 5.92. The number of likely N-dealkylation sites (tertiary alicyclic amines) is 1. The first-order chi connectivity index (χ1) is 14.5. The fourth-order valence-corrected chi connectivity index (χ4v) is 4.22. The molecule has 0 radical (unpaired) electrons. The van der Waals surface area contributed by atoms with E-state index in [9.17, 15) is 9.59 Å². The maximum Gasteiger partial charge on any atom is 0.341 e. The van der Waals surface area contributed by atoms with E-state index in [0.717, 1.165) is 31.4 Å². The zero-order chi connectivity index (χ0) is 21.5. The first kappa shape index (κ1) is 21.9. The molecule has 1 unspecified atom stereocenters. The van der Waals surface area contributed by atoms with Crippen LogP contribution in [0.3, 0.4) is 0 Å². The van der Waals surface area contributed by atoms with Crippen molar-refractivity contribution < 1.29 is 19.1 Å². The molecule has 30 heavy (non-hydrogen) atoms. The van der Waals surface area contributed by atoms with E-state index in [1.165, 1.54) is 27.1 Å². The van der Waals surface area contributed by atoms with Crippen molar-refractivity contribution >= 4 is 17.8 Å². The minimum absolute atomic E-state index is 0.183. The Morgan fingerprint density at radius 3 is 2.63 bits per heavy atom. The zero-order valence-corrected chi connectivity index (χ0v) is 18.1. The number of hydrogen-bond donors (Lipinski definition) is 2. The molecule has 1 aliphatic heterocycles. The Morgan fingerprint density at radius 2 is 1.97 bits per heavy atom. The average molecular weight is 417 g/mol. The monoisotopic (exact) mass is 416 g/mol. The van der Waals surface area contributed by atoms with E-state index in [1.807, 2.05) is 11.0 Å². The summed E-state index contributed by atoms with van der Waals surface area (Å²) in [5.74, 6) is 1.25. The van der Waals surface area contributed by atoms with Crippen molar-refractivity contribution in [3.63, 3.8) is 0 Å². The van der Waals surface area contributed by atoms with Crippen molar-refractivity contribution in [2.75, 3.05) is 34.4 Å². The van der Waals surface area contributed by atoms with Gasteiger partial charge in [0.05, 0.1) is 14.2 Å². The second-order valence-electron chi connectivity index (χ2n) is 7.85. The summed E-state index contributed by atoms with van der Waals surface area (Å²) >= 11 is 0. The van der Waals surface area contributed by atoms with Crippen LogP contribution < -0.4 is 15.4 Å². The SMILES string of the molecule is CN=C(NCc1ccc(OC)c(C(=O)OC)c1)NC1CCN(C(=O)C2CCCC2)C1. The number of benzene rings is 1. The minimum Gasteiger partial charge on any atom is -0.496 e. The summed E-state index contributed by atoms with van der Waals surface area (Å²) in [6.45, 7) is 2.00. The lowest BCUT2D eigenvalue weighted by atomic mass is 10.1. The third-order valence-electron chi connectivity index (χ3n) is 5.90. The van der Waals surface area contributed by atoms with E-state index in [2.05, 4.69) is 15.6 Å². The molecule has 0 bridgehead atoms. The van der Waals surface area contributed by atoms with Crippen LogP contribution in [0.1, 0.15) is 48.0 Å². The molecule has 2 N–H and O–H groups in total. The fourth-order valence-electron chi connectivity index (χ4n) is 4.22. The maximum absolute atomic E-state index is 12.6. The molecule has 1 saturated carbocycles. The number of rotatable bonds is 6. The molecular weight excluding hydrogens is 384 g/mol. The summed E-state index contributed by atoms with van der Waals surface area (Å²) in [5, 5.41) is 6.69. The maximum atomic E-state index is 12.6. The van der Waals surface area contributed by atoms with Crippen molar-refractivity contribution in [3.8, 4) is 5.75 Å². The standard InChI is InChI=1S/C22H32N4O4/c1-23-22(24-13-15-8-9-19(29-2)18(12-15)21(28)30-3)25-17-10-11-26(14-17)20(27)16-6-4-5-7-16/h8-9,12,16-17H,4-7,10-11,13-14H2,1-3H3,(H2,23,24,25). The van der Waals surface area contributed by atoms with Gasteiger partial charge in [0.15, 0.2) is 5.96 Å². The lowest BCUT2D eigenvalue weighted by Crippen LogP contribution is -2.45. The quantitative estimate of drug-likeness (QED) is 0.418. The molecule has 1 atom stereocenters. The molecule has 0 aromatic heterocycles. The molecular formula is C22H32N4O4. The van der Waals surface area contributed by atoms with Crippen LogP contribution >= 0.6 is 0 Å². The molecule has 8 nitrogen and oxygen atoms in total. The Labute approximate surface area is 178 Å². The van der Waals surface area contributed by atoms with Gasteiger partial charge >= 0.3 is 5.97 Å². The third kappa shape index (κ3) is 5.23. The first-order valence-corrected chi connectivity index (χ1v) is 10.6. The number of esters is 1. The minimum atomic E-state index is -0.436. The van der Waals surface area contributed by atoms with Gasteiger partial charge in [-0.15, -0.1) is 0 Å². The number of hydrogen-bond acceptors (Lipinski definition) is 5. The molecule has 1 aliphatic carbocycles. The highest BCUT2D eigenvalue weighted by Crippen LogP contribution is 2.28. The smallest absolute Gasteiger partial charge is 0.341 e. The third-order valence-corrected chi connectivity index (χ3v) is 5.90.